The minimum atomic E-state index is -0.411. The zero-order valence-electron chi connectivity index (χ0n) is 9.90. The zero-order chi connectivity index (χ0) is 13.8. The SMILES string of the molecule is Nc1ccc(C(=O)OCc2ccc(Cl)c(Cl)c2)cc1. The molecule has 3 nitrogen and oxygen atoms in total. The molecule has 2 rings (SSSR count). The lowest BCUT2D eigenvalue weighted by molar-refractivity contribution is 0.0473. The summed E-state index contributed by atoms with van der Waals surface area (Å²) in [6.07, 6.45) is 0. The zero-order valence-corrected chi connectivity index (χ0v) is 11.4. The van der Waals surface area contributed by atoms with Crippen LogP contribution in [0.4, 0.5) is 5.69 Å². The van der Waals surface area contributed by atoms with Crippen LogP contribution in [-0.2, 0) is 11.3 Å². The van der Waals surface area contributed by atoms with Crippen molar-refractivity contribution in [2.24, 2.45) is 0 Å². The molecular weight excluding hydrogens is 285 g/mol. The van der Waals surface area contributed by atoms with Gasteiger partial charge >= 0.3 is 5.97 Å². The second-order valence-electron chi connectivity index (χ2n) is 3.95. The molecule has 0 aromatic heterocycles. The Morgan fingerprint density at radius 3 is 2.37 bits per heavy atom. The molecule has 0 atom stereocenters. The van der Waals surface area contributed by atoms with E-state index in [0.717, 1.165) is 5.56 Å². The lowest BCUT2D eigenvalue weighted by Crippen LogP contribution is -2.05. The summed E-state index contributed by atoms with van der Waals surface area (Å²) >= 11 is 11.7. The van der Waals surface area contributed by atoms with E-state index >= 15 is 0 Å². The molecule has 0 radical (unpaired) electrons. The van der Waals surface area contributed by atoms with E-state index in [9.17, 15) is 4.79 Å². The Kier molecular flexibility index (Phi) is 4.30. The van der Waals surface area contributed by atoms with E-state index in [2.05, 4.69) is 0 Å². The van der Waals surface area contributed by atoms with Crippen LogP contribution in [0.1, 0.15) is 15.9 Å². The molecule has 0 aliphatic rings. The first-order chi connectivity index (χ1) is 9.06. The van der Waals surface area contributed by atoms with Crippen LogP contribution in [0.15, 0.2) is 42.5 Å². The van der Waals surface area contributed by atoms with Gasteiger partial charge in [-0.2, -0.15) is 0 Å². The highest BCUT2D eigenvalue weighted by atomic mass is 35.5. The van der Waals surface area contributed by atoms with Gasteiger partial charge < -0.3 is 10.5 Å². The normalized spacial score (nSPS) is 10.2. The molecule has 0 heterocycles. The molecule has 0 aliphatic heterocycles. The van der Waals surface area contributed by atoms with Gasteiger partial charge in [-0.15, -0.1) is 0 Å². The molecule has 5 heteroatoms. The first-order valence-electron chi connectivity index (χ1n) is 5.53. The van der Waals surface area contributed by atoms with Crippen molar-refractivity contribution in [1.29, 1.82) is 0 Å². The molecule has 0 aliphatic carbocycles. The standard InChI is InChI=1S/C14H11Cl2NO2/c15-12-6-1-9(7-13(12)16)8-19-14(18)10-2-4-11(17)5-3-10/h1-7H,8,17H2. The summed E-state index contributed by atoms with van der Waals surface area (Å²) in [6, 6.07) is 11.6. The smallest absolute Gasteiger partial charge is 0.338 e. The van der Waals surface area contributed by atoms with E-state index in [-0.39, 0.29) is 6.61 Å². The van der Waals surface area contributed by atoms with Crippen LogP contribution in [0, 0.1) is 0 Å². The van der Waals surface area contributed by atoms with Crippen molar-refractivity contribution < 1.29 is 9.53 Å². The van der Waals surface area contributed by atoms with Crippen LogP contribution in [0.3, 0.4) is 0 Å². The molecule has 2 N–H and O–H groups in total. The number of benzene rings is 2. The molecule has 0 bridgehead atoms. The fraction of sp³-hybridized carbons (Fsp3) is 0.0714. The van der Waals surface area contributed by atoms with Crippen LogP contribution in [0.5, 0.6) is 0 Å². The van der Waals surface area contributed by atoms with Crippen molar-refractivity contribution >= 4 is 34.9 Å². The van der Waals surface area contributed by atoms with E-state index in [1.165, 1.54) is 0 Å². The average Bonchev–Trinajstić information content (AvgIpc) is 2.40. The van der Waals surface area contributed by atoms with Gasteiger partial charge in [0.1, 0.15) is 6.61 Å². The molecule has 0 saturated carbocycles. The van der Waals surface area contributed by atoms with Crippen LogP contribution in [0.25, 0.3) is 0 Å². The van der Waals surface area contributed by atoms with E-state index in [4.69, 9.17) is 33.7 Å². The number of rotatable bonds is 3. The Morgan fingerprint density at radius 2 is 1.74 bits per heavy atom. The summed E-state index contributed by atoms with van der Waals surface area (Å²) in [7, 11) is 0. The highest BCUT2D eigenvalue weighted by Gasteiger charge is 2.07. The summed E-state index contributed by atoms with van der Waals surface area (Å²) in [4.78, 5) is 11.8. The van der Waals surface area contributed by atoms with Gasteiger partial charge in [-0.25, -0.2) is 4.79 Å². The van der Waals surface area contributed by atoms with Crippen LogP contribution >= 0.6 is 23.2 Å². The molecule has 0 spiro atoms. The van der Waals surface area contributed by atoms with Crippen molar-refractivity contribution in [2.75, 3.05) is 5.73 Å². The highest BCUT2D eigenvalue weighted by molar-refractivity contribution is 6.42. The number of carbonyl (C=O) groups is 1. The van der Waals surface area contributed by atoms with E-state index in [0.29, 0.717) is 21.3 Å². The molecule has 19 heavy (non-hydrogen) atoms. The Balaban J connectivity index is 2.00. The first-order valence-corrected chi connectivity index (χ1v) is 6.28. The van der Waals surface area contributed by atoms with Gasteiger partial charge in [-0.1, -0.05) is 29.3 Å². The first kappa shape index (κ1) is 13.7. The summed E-state index contributed by atoms with van der Waals surface area (Å²) in [5, 5.41) is 0.901. The number of carbonyl (C=O) groups excluding carboxylic acids is 1. The van der Waals surface area contributed by atoms with Gasteiger partial charge in [0.15, 0.2) is 0 Å². The van der Waals surface area contributed by atoms with Crippen molar-refractivity contribution in [2.45, 2.75) is 6.61 Å². The van der Waals surface area contributed by atoms with Crippen molar-refractivity contribution in [3.8, 4) is 0 Å². The maximum atomic E-state index is 11.8. The number of ether oxygens (including phenoxy) is 1. The van der Waals surface area contributed by atoms with Gasteiger partial charge in [0.05, 0.1) is 15.6 Å². The fourth-order valence-corrected chi connectivity index (χ4v) is 1.80. The number of halogens is 2. The average molecular weight is 296 g/mol. The Hall–Kier alpha value is -1.71. The molecule has 2 aromatic carbocycles. The molecular formula is C14H11Cl2NO2. The third-order valence-corrected chi connectivity index (χ3v) is 3.24. The van der Waals surface area contributed by atoms with Gasteiger partial charge in [-0.3, -0.25) is 0 Å². The van der Waals surface area contributed by atoms with E-state index in [1.807, 2.05) is 0 Å². The number of nitrogen functional groups attached to an aromatic ring is 1. The molecule has 0 fully saturated rings. The predicted molar refractivity (Wildman–Crippen MR) is 76.4 cm³/mol. The van der Waals surface area contributed by atoms with Crippen LogP contribution in [0.2, 0.25) is 10.0 Å². The van der Waals surface area contributed by atoms with Gasteiger partial charge in [-0.05, 0) is 42.0 Å². The maximum absolute atomic E-state index is 11.8. The van der Waals surface area contributed by atoms with Gasteiger partial charge in [0, 0.05) is 5.69 Å². The van der Waals surface area contributed by atoms with Crippen LogP contribution in [-0.4, -0.2) is 5.97 Å². The second kappa shape index (κ2) is 5.95. The third kappa shape index (κ3) is 3.63. The highest BCUT2D eigenvalue weighted by Crippen LogP contribution is 2.23. The van der Waals surface area contributed by atoms with E-state index < -0.39 is 5.97 Å². The Morgan fingerprint density at radius 1 is 1.05 bits per heavy atom. The summed E-state index contributed by atoms with van der Waals surface area (Å²) < 4.78 is 5.17. The molecule has 0 saturated heterocycles. The van der Waals surface area contributed by atoms with Crippen molar-refractivity contribution in [3.05, 3.63) is 63.6 Å². The monoisotopic (exact) mass is 295 g/mol. The quantitative estimate of drug-likeness (QED) is 0.689. The van der Waals surface area contributed by atoms with Crippen LogP contribution < -0.4 is 5.73 Å². The Bertz CT molecular complexity index is 597. The topological polar surface area (TPSA) is 52.3 Å². The summed E-state index contributed by atoms with van der Waals surface area (Å²) in [5.74, 6) is -0.411. The number of hydrogen-bond donors (Lipinski definition) is 1. The molecule has 0 unspecified atom stereocenters. The Labute approximate surface area is 120 Å². The number of hydrogen-bond acceptors (Lipinski definition) is 3. The number of esters is 1. The largest absolute Gasteiger partial charge is 0.457 e. The maximum Gasteiger partial charge on any atom is 0.338 e. The summed E-state index contributed by atoms with van der Waals surface area (Å²) in [6.45, 7) is 0.139. The van der Waals surface area contributed by atoms with Gasteiger partial charge in [0.25, 0.3) is 0 Å². The van der Waals surface area contributed by atoms with Crippen molar-refractivity contribution in [1.82, 2.24) is 0 Å². The second-order valence-corrected chi connectivity index (χ2v) is 4.76. The lowest BCUT2D eigenvalue weighted by atomic mass is 10.2. The molecule has 2 aromatic rings. The fourth-order valence-electron chi connectivity index (χ4n) is 1.48. The third-order valence-electron chi connectivity index (χ3n) is 2.50. The van der Waals surface area contributed by atoms with E-state index in [1.54, 1.807) is 42.5 Å². The van der Waals surface area contributed by atoms with Crippen molar-refractivity contribution in [3.63, 3.8) is 0 Å². The van der Waals surface area contributed by atoms with Gasteiger partial charge in [0.2, 0.25) is 0 Å². The number of anilines is 1. The summed E-state index contributed by atoms with van der Waals surface area (Å²) in [5.41, 5.74) is 7.37. The molecule has 0 amide bonds. The number of nitrogens with two attached hydrogens (primary N) is 1. The predicted octanol–water partition coefficient (Wildman–Crippen LogP) is 3.93. The minimum absolute atomic E-state index is 0.139. The minimum Gasteiger partial charge on any atom is -0.457 e. The lowest BCUT2D eigenvalue weighted by Gasteiger charge is -2.06. The molecule has 98 valence electrons.